The fourth-order valence-corrected chi connectivity index (χ4v) is 1.89. The zero-order valence-corrected chi connectivity index (χ0v) is 8.59. The third kappa shape index (κ3) is 3.45. The van der Waals surface area contributed by atoms with E-state index in [4.69, 9.17) is 11.6 Å². The lowest BCUT2D eigenvalue weighted by Crippen LogP contribution is -1.77. The van der Waals surface area contributed by atoms with Crippen molar-refractivity contribution >= 4 is 39.3 Å². The van der Waals surface area contributed by atoms with Crippen molar-refractivity contribution in [2.45, 2.75) is 9.31 Å². The summed E-state index contributed by atoms with van der Waals surface area (Å²) in [6.07, 6.45) is 0. The summed E-state index contributed by atoms with van der Waals surface area (Å²) < 4.78 is 11.3. The van der Waals surface area contributed by atoms with Crippen LogP contribution in [-0.4, -0.2) is 4.41 Å². The molecule has 4 heteroatoms. The summed E-state index contributed by atoms with van der Waals surface area (Å²) in [5.74, 6) is 0. The highest BCUT2D eigenvalue weighted by atomic mass is 79.9. The summed E-state index contributed by atoms with van der Waals surface area (Å²) in [4.78, 5) is 0.860. The van der Waals surface area contributed by atoms with Crippen LogP contribution >= 0.6 is 39.3 Å². The van der Waals surface area contributed by atoms with Gasteiger partial charge in [0.1, 0.15) is 0 Å². The molecule has 1 rings (SSSR count). The van der Waals surface area contributed by atoms with E-state index in [-0.39, 0.29) is 0 Å². The van der Waals surface area contributed by atoms with Crippen molar-refractivity contribution in [2.24, 2.45) is 0 Å². The van der Waals surface area contributed by atoms with Gasteiger partial charge in [-0.15, -0.1) is 0 Å². The second-order valence-corrected chi connectivity index (χ2v) is 4.80. The first-order chi connectivity index (χ1) is 5.18. The van der Waals surface area contributed by atoms with E-state index in [0.29, 0.717) is 5.02 Å². The molecular weight excluding hydrogens is 250 g/mol. The van der Waals surface area contributed by atoms with Crippen LogP contribution in [0.1, 0.15) is 0 Å². The lowest BCUT2D eigenvalue weighted by atomic mass is 10.4. The first-order valence-corrected chi connectivity index (χ1v) is 5.06. The quantitative estimate of drug-likeness (QED) is 0.567. The number of benzene rings is 1. The van der Waals surface area contributed by atoms with Crippen LogP contribution in [0, 0.1) is 0 Å². The van der Waals surface area contributed by atoms with Gasteiger partial charge in [-0.2, -0.15) is 0 Å². The Morgan fingerprint density at radius 3 is 2.36 bits per heavy atom. The molecule has 0 N–H and O–H groups in total. The maximum absolute atomic E-state index is 12.3. The molecule has 0 amide bonds. The van der Waals surface area contributed by atoms with E-state index in [1.807, 2.05) is 0 Å². The van der Waals surface area contributed by atoms with Crippen LogP contribution in [0.2, 0.25) is 5.02 Å². The monoisotopic (exact) mass is 254 g/mol. The summed E-state index contributed by atoms with van der Waals surface area (Å²) in [7, 11) is 0. The molecule has 60 valence electrons. The van der Waals surface area contributed by atoms with Crippen molar-refractivity contribution in [3.05, 3.63) is 29.3 Å². The van der Waals surface area contributed by atoms with Crippen LogP contribution in [-0.2, 0) is 0 Å². The van der Waals surface area contributed by atoms with Gasteiger partial charge in [-0.3, -0.25) is 0 Å². The largest absolute Gasteiger partial charge is 0.223 e. The fourth-order valence-electron chi connectivity index (χ4n) is 0.616. The molecule has 0 heterocycles. The van der Waals surface area contributed by atoms with Gasteiger partial charge in [0.15, 0.2) is 0 Å². The maximum atomic E-state index is 12.3. The van der Waals surface area contributed by atoms with Crippen molar-refractivity contribution in [1.29, 1.82) is 0 Å². The molecule has 0 aliphatic carbocycles. The molecule has 1 unspecified atom stereocenters. The van der Waals surface area contributed by atoms with Crippen LogP contribution in [0.15, 0.2) is 29.2 Å². The summed E-state index contributed by atoms with van der Waals surface area (Å²) in [5, 5.41) is 0.666. The molecule has 0 aliphatic heterocycles. The molecule has 0 fully saturated rings. The van der Waals surface area contributed by atoms with Gasteiger partial charge < -0.3 is 0 Å². The predicted octanol–water partition coefficient (Wildman–Crippen LogP) is 4.08. The van der Waals surface area contributed by atoms with Gasteiger partial charge >= 0.3 is 0 Å². The number of rotatable bonds is 2. The Hall–Kier alpha value is 0.270. The zero-order valence-electron chi connectivity index (χ0n) is 5.43. The zero-order chi connectivity index (χ0) is 8.27. The lowest BCUT2D eigenvalue weighted by Gasteiger charge is -1.99. The van der Waals surface area contributed by atoms with Crippen molar-refractivity contribution < 1.29 is 4.39 Å². The third-order valence-electron chi connectivity index (χ3n) is 1.04. The van der Waals surface area contributed by atoms with E-state index < -0.39 is 4.41 Å². The molecule has 0 radical (unpaired) electrons. The van der Waals surface area contributed by atoms with Crippen molar-refractivity contribution in [1.82, 2.24) is 0 Å². The lowest BCUT2D eigenvalue weighted by molar-refractivity contribution is 0.576. The van der Waals surface area contributed by atoms with E-state index >= 15 is 0 Å². The maximum Gasteiger partial charge on any atom is 0.204 e. The highest BCUT2D eigenvalue weighted by Gasteiger charge is 2.01. The molecule has 0 bridgehead atoms. The Morgan fingerprint density at radius 2 is 1.91 bits per heavy atom. The van der Waals surface area contributed by atoms with Crippen LogP contribution in [0.4, 0.5) is 4.39 Å². The second kappa shape index (κ2) is 4.33. The van der Waals surface area contributed by atoms with Crippen LogP contribution in [0.25, 0.3) is 0 Å². The minimum atomic E-state index is -1.05. The van der Waals surface area contributed by atoms with E-state index in [9.17, 15) is 4.39 Å². The standard InChI is InChI=1S/C7H5BrClFS/c8-7(10)11-6-3-1-5(9)2-4-6/h1-4,7H. The van der Waals surface area contributed by atoms with Gasteiger partial charge in [-0.05, 0) is 40.2 Å². The van der Waals surface area contributed by atoms with Crippen LogP contribution in [0.3, 0.4) is 0 Å². The molecule has 0 aliphatic rings. The SMILES string of the molecule is FC(Br)Sc1ccc(Cl)cc1. The predicted molar refractivity (Wildman–Crippen MR) is 51.1 cm³/mol. The van der Waals surface area contributed by atoms with Gasteiger partial charge in [-0.1, -0.05) is 23.4 Å². The topological polar surface area (TPSA) is 0 Å². The van der Waals surface area contributed by atoms with Gasteiger partial charge in [-0.25, -0.2) is 4.39 Å². The van der Waals surface area contributed by atoms with E-state index in [1.165, 1.54) is 0 Å². The Kier molecular flexibility index (Phi) is 3.69. The highest BCUT2D eigenvalue weighted by molar-refractivity contribution is 9.11. The molecule has 1 aromatic carbocycles. The Morgan fingerprint density at radius 1 is 1.36 bits per heavy atom. The molecule has 0 saturated heterocycles. The second-order valence-electron chi connectivity index (χ2n) is 1.83. The van der Waals surface area contributed by atoms with Crippen molar-refractivity contribution in [3.8, 4) is 0 Å². The first kappa shape index (κ1) is 9.36. The minimum absolute atomic E-state index is 0.666. The summed E-state index contributed by atoms with van der Waals surface area (Å²) in [6, 6.07) is 7.03. The molecule has 1 atom stereocenters. The molecule has 0 nitrogen and oxygen atoms in total. The molecule has 0 aromatic heterocycles. The van der Waals surface area contributed by atoms with Gasteiger partial charge in [0, 0.05) is 9.92 Å². The van der Waals surface area contributed by atoms with Crippen LogP contribution in [0.5, 0.6) is 0 Å². The fraction of sp³-hybridized carbons (Fsp3) is 0.143. The van der Waals surface area contributed by atoms with Crippen molar-refractivity contribution in [2.75, 3.05) is 0 Å². The number of alkyl halides is 2. The smallest absolute Gasteiger partial charge is 0.204 e. The Bertz CT molecular complexity index is 224. The average molecular weight is 256 g/mol. The average Bonchev–Trinajstić information content (AvgIpc) is 1.93. The Balaban J connectivity index is 2.66. The number of halogens is 3. The Labute approximate surface area is 82.3 Å². The number of thioether (sulfide) groups is 1. The molecule has 0 saturated carbocycles. The van der Waals surface area contributed by atoms with Gasteiger partial charge in [0.05, 0.1) is 0 Å². The number of hydrogen-bond acceptors (Lipinski definition) is 1. The van der Waals surface area contributed by atoms with Gasteiger partial charge in [0.25, 0.3) is 0 Å². The van der Waals surface area contributed by atoms with E-state index in [1.54, 1.807) is 24.3 Å². The third-order valence-corrected chi connectivity index (χ3v) is 2.57. The first-order valence-electron chi connectivity index (χ1n) is 2.89. The van der Waals surface area contributed by atoms with Crippen molar-refractivity contribution in [3.63, 3.8) is 0 Å². The summed E-state index contributed by atoms with van der Waals surface area (Å²) >= 11 is 9.52. The molecule has 1 aromatic rings. The normalized spacial score (nSPS) is 13.0. The van der Waals surface area contributed by atoms with Crippen LogP contribution < -0.4 is 0 Å². The molecular formula is C7H5BrClFS. The van der Waals surface area contributed by atoms with Gasteiger partial charge in [0.2, 0.25) is 4.41 Å². The number of hydrogen-bond donors (Lipinski definition) is 0. The van der Waals surface area contributed by atoms with E-state index in [0.717, 1.165) is 16.7 Å². The summed E-state index contributed by atoms with van der Waals surface area (Å²) in [5.41, 5.74) is 0. The molecule has 0 spiro atoms. The highest BCUT2D eigenvalue weighted by Crippen LogP contribution is 2.28. The van der Waals surface area contributed by atoms with E-state index in [2.05, 4.69) is 15.9 Å². The summed E-state index contributed by atoms with van der Waals surface area (Å²) in [6.45, 7) is 0. The molecule has 11 heavy (non-hydrogen) atoms. The minimum Gasteiger partial charge on any atom is -0.223 e.